The second kappa shape index (κ2) is 11.0. The predicted molar refractivity (Wildman–Crippen MR) is 110 cm³/mol. The Kier molecular flexibility index (Phi) is 8.09. The fourth-order valence-corrected chi connectivity index (χ4v) is 3.59. The van der Waals surface area contributed by atoms with E-state index in [1.165, 1.54) is 24.3 Å². The third-order valence-corrected chi connectivity index (χ3v) is 5.12. The number of hydrogen-bond donors (Lipinski definition) is 3. The number of hydrogen-bond acceptors (Lipinski definition) is 7. The summed E-state index contributed by atoms with van der Waals surface area (Å²) in [5.74, 6) is -0.809. The van der Waals surface area contributed by atoms with Gasteiger partial charge in [0.25, 0.3) is 0 Å². The van der Waals surface area contributed by atoms with E-state index >= 15 is 0 Å². The van der Waals surface area contributed by atoms with Crippen LogP contribution in [0.3, 0.4) is 0 Å². The highest BCUT2D eigenvalue weighted by Gasteiger charge is 2.31. The zero-order valence-electron chi connectivity index (χ0n) is 17.6. The first-order chi connectivity index (χ1) is 15.7. The molecule has 1 amide bonds. The molecule has 3 rings (SSSR count). The predicted octanol–water partition coefficient (Wildman–Crippen LogP) is 2.86. The van der Waals surface area contributed by atoms with Gasteiger partial charge in [0, 0.05) is 23.6 Å². The number of carbonyl (C=O) groups excluding carboxylic acids is 1. The lowest BCUT2D eigenvalue weighted by atomic mass is 9.91. The minimum Gasteiger partial charge on any atom is -0.445 e. The standard InChI is InChI=1S/C20H24F3N5O5/c21-20(22,23)33-16-7-1-13(2-8-16)11-18(29)26-15-5-3-14(4-6-15)24-9-10-32-19-25-12-17(27-19)28(30)31/h1-2,7-8,12,14-15,24H,3-6,9-11H2,(H,25,27)(H,26,29). The van der Waals surface area contributed by atoms with E-state index in [1.807, 2.05) is 0 Å². The van der Waals surface area contributed by atoms with Gasteiger partial charge in [0.1, 0.15) is 18.6 Å². The molecule has 0 spiro atoms. The summed E-state index contributed by atoms with van der Waals surface area (Å²) >= 11 is 0. The van der Waals surface area contributed by atoms with Crippen LogP contribution in [0.25, 0.3) is 0 Å². The van der Waals surface area contributed by atoms with Crippen molar-refractivity contribution in [1.29, 1.82) is 0 Å². The largest absolute Gasteiger partial charge is 0.573 e. The van der Waals surface area contributed by atoms with E-state index in [0.717, 1.165) is 31.9 Å². The third-order valence-electron chi connectivity index (χ3n) is 5.12. The van der Waals surface area contributed by atoms with Gasteiger partial charge in [-0.25, -0.2) is 0 Å². The van der Waals surface area contributed by atoms with Crippen molar-refractivity contribution in [3.63, 3.8) is 0 Å². The third kappa shape index (κ3) is 8.25. The minimum atomic E-state index is -4.75. The van der Waals surface area contributed by atoms with Crippen LogP contribution >= 0.6 is 0 Å². The van der Waals surface area contributed by atoms with Crippen LogP contribution in [0.15, 0.2) is 30.5 Å². The number of nitrogens with one attached hydrogen (secondary N) is 3. The zero-order chi connectivity index (χ0) is 23.8. The van der Waals surface area contributed by atoms with E-state index < -0.39 is 11.3 Å². The number of carbonyl (C=O) groups is 1. The van der Waals surface area contributed by atoms with E-state index in [2.05, 4.69) is 25.3 Å². The van der Waals surface area contributed by atoms with Gasteiger partial charge in [0.15, 0.2) is 0 Å². The van der Waals surface area contributed by atoms with Gasteiger partial charge in [0.05, 0.1) is 6.42 Å². The molecule has 0 bridgehead atoms. The molecule has 0 saturated heterocycles. The van der Waals surface area contributed by atoms with Crippen molar-refractivity contribution in [3.8, 4) is 11.8 Å². The molecular weight excluding hydrogens is 447 g/mol. The van der Waals surface area contributed by atoms with Crippen LogP contribution in [0, 0.1) is 10.1 Å². The minimum absolute atomic E-state index is 0.0447. The number of nitrogens with zero attached hydrogens (tertiary/aromatic N) is 2. The molecule has 0 atom stereocenters. The van der Waals surface area contributed by atoms with Crippen LogP contribution in [0.2, 0.25) is 0 Å². The number of benzene rings is 1. The normalized spacial score (nSPS) is 18.5. The van der Waals surface area contributed by atoms with Gasteiger partial charge < -0.3 is 30.2 Å². The molecule has 1 aliphatic carbocycles. The quantitative estimate of drug-likeness (QED) is 0.276. The molecule has 3 N–H and O–H groups in total. The molecule has 1 aromatic carbocycles. The average molecular weight is 471 g/mol. The lowest BCUT2D eigenvalue weighted by Crippen LogP contribution is -2.43. The van der Waals surface area contributed by atoms with Crippen LogP contribution < -0.4 is 20.1 Å². The van der Waals surface area contributed by atoms with Gasteiger partial charge in [-0.05, 0) is 48.3 Å². The summed E-state index contributed by atoms with van der Waals surface area (Å²) in [4.78, 5) is 28.5. The first kappa shape index (κ1) is 24.3. The monoisotopic (exact) mass is 471 g/mol. The van der Waals surface area contributed by atoms with Crippen LogP contribution in [0.5, 0.6) is 11.8 Å². The van der Waals surface area contributed by atoms with Crippen LogP contribution in [0.4, 0.5) is 19.0 Å². The van der Waals surface area contributed by atoms with Gasteiger partial charge in [-0.15, -0.1) is 13.2 Å². The fraction of sp³-hybridized carbons (Fsp3) is 0.500. The SMILES string of the molecule is O=C(Cc1ccc(OC(F)(F)F)cc1)NC1CCC(NCCOc2nc([N+](=O)[O-])c[nH]2)CC1. The van der Waals surface area contributed by atoms with Crippen molar-refractivity contribution in [2.45, 2.75) is 50.6 Å². The van der Waals surface area contributed by atoms with Crippen LogP contribution in [0.1, 0.15) is 31.2 Å². The number of H-pyrrole nitrogens is 1. The first-order valence-electron chi connectivity index (χ1n) is 10.4. The van der Waals surface area contributed by atoms with E-state index in [-0.39, 0.29) is 42.0 Å². The maximum Gasteiger partial charge on any atom is 0.573 e. The highest BCUT2D eigenvalue weighted by molar-refractivity contribution is 5.78. The van der Waals surface area contributed by atoms with E-state index in [0.29, 0.717) is 18.7 Å². The topological polar surface area (TPSA) is 131 Å². The molecule has 1 saturated carbocycles. The Morgan fingerprint density at radius 3 is 2.45 bits per heavy atom. The van der Waals surface area contributed by atoms with Crippen molar-refractivity contribution in [2.75, 3.05) is 13.2 Å². The Bertz CT molecular complexity index is 927. The highest BCUT2D eigenvalue weighted by atomic mass is 19.4. The highest BCUT2D eigenvalue weighted by Crippen LogP contribution is 2.23. The van der Waals surface area contributed by atoms with Gasteiger partial charge >= 0.3 is 18.2 Å². The summed E-state index contributed by atoms with van der Waals surface area (Å²) in [6.45, 7) is 0.846. The first-order valence-corrected chi connectivity index (χ1v) is 10.4. The Balaban J connectivity index is 1.30. The number of nitro groups is 1. The summed E-state index contributed by atoms with van der Waals surface area (Å²) in [6, 6.07) is 5.65. The molecule has 1 aliphatic rings. The Hall–Kier alpha value is -3.35. The van der Waals surface area contributed by atoms with E-state index in [4.69, 9.17) is 4.74 Å². The molecule has 33 heavy (non-hydrogen) atoms. The number of imidazole rings is 1. The average Bonchev–Trinajstić information content (AvgIpc) is 3.22. The summed E-state index contributed by atoms with van der Waals surface area (Å²) in [5.41, 5.74) is 0.597. The molecular formula is C20H24F3N5O5. The number of rotatable bonds is 10. The number of amides is 1. The molecule has 13 heteroatoms. The zero-order valence-corrected chi connectivity index (χ0v) is 17.6. The van der Waals surface area contributed by atoms with E-state index in [9.17, 15) is 28.1 Å². The molecule has 1 aromatic heterocycles. The van der Waals surface area contributed by atoms with Crippen molar-refractivity contribution < 1.29 is 32.4 Å². The summed E-state index contributed by atoms with van der Waals surface area (Å²) in [7, 11) is 0. The van der Waals surface area contributed by atoms with Crippen molar-refractivity contribution in [2.24, 2.45) is 0 Å². The van der Waals surface area contributed by atoms with Crippen LogP contribution in [-0.4, -0.2) is 52.4 Å². The molecule has 2 aromatic rings. The fourth-order valence-electron chi connectivity index (χ4n) is 3.59. The van der Waals surface area contributed by atoms with Gasteiger partial charge in [-0.1, -0.05) is 12.1 Å². The molecule has 0 unspecified atom stereocenters. The second-order valence-electron chi connectivity index (χ2n) is 7.61. The summed E-state index contributed by atoms with van der Waals surface area (Å²) in [5, 5.41) is 16.9. The van der Waals surface area contributed by atoms with Gasteiger partial charge in [-0.3, -0.25) is 9.78 Å². The molecule has 180 valence electrons. The number of alkyl halides is 3. The smallest absolute Gasteiger partial charge is 0.445 e. The van der Waals surface area contributed by atoms with Gasteiger partial charge in [-0.2, -0.15) is 0 Å². The number of ether oxygens (including phenoxy) is 2. The maximum absolute atomic E-state index is 12.3. The second-order valence-corrected chi connectivity index (χ2v) is 7.61. The Morgan fingerprint density at radius 1 is 1.18 bits per heavy atom. The van der Waals surface area contributed by atoms with Crippen molar-refractivity contribution in [3.05, 3.63) is 46.1 Å². The lowest BCUT2D eigenvalue weighted by molar-refractivity contribution is -0.389. The summed E-state index contributed by atoms with van der Waals surface area (Å²) < 4.78 is 45.8. The Morgan fingerprint density at radius 2 is 1.85 bits per heavy atom. The summed E-state index contributed by atoms with van der Waals surface area (Å²) in [6.07, 6.45) is -0.189. The lowest BCUT2D eigenvalue weighted by Gasteiger charge is -2.29. The Labute approximate surface area is 187 Å². The molecule has 1 heterocycles. The number of aromatic amines is 1. The maximum atomic E-state index is 12.3. The number of aromatic nitrogens is 2. The van der Waals surface area contributed by atoms with E-state index in [1.54, 1.807) is 0 Å². The van der Waals surface area contributed by atoms with Gasteiger partial charge in [0.2, 0.25) is 5.91 Å². The van der Waals surface area contributed by atoms with Crippen molar-refractivity contribution >= 4 is 11.7 Å². The molecule has 10 nitrogen and oxygen atoms in total. The molecule has 1 fully saturated rings. The number of halogens is 3. The molecule has 0 radical (unpaired) electrons. The molecule has 0 aliphatic heterocycles. The van der Waals surface area contributed by atoms with Crippen molar-refractivity contribution in [1.82, 2.24) is 20.6 Å². The van der Waals surface area contributed by atoms with Crippen LogP contribution in [-0.2, 0) is 11.2 Å².